The van der Waals surface area contributed by atoms with Gasteiger partial charge in [-0.25, -0.2) is 4.39 Å². The molecule has 242 valence electrons. The van der Waals surface area contributed by atoms with E-state index in [0.717, 1.165) is 33.6 Å². The molecule has 0 amide bonds. The molecular formula is C37H37F4NO4. The second-order valence-corrected chi connectivity index (χ2v) is 13.5. The number of benzene rings is 3. The first kappa shape index (κ1) is 30.8. The van der Waals surface area contributed by atoms with Crippen molar-refractivity contribution in [2.24, 2.45) is 5.92 Å². The van der Waals surface area contributed by atoms with E-state index in [2.05, 4.69) is 4.90 Å². The minimum absolute atomic E-state index is 0.101. The summed E-state index contributed by atoms with van der Waals surface area (Å²) in [6.45, 7) is 4.27. The van der Waals surface area contributed by atoms with Gasteiger partial charge in [-0.3, -0.25) is 4.90 Å². The lowest BCUT2D eigenvalue weighted by molar-refractivity contribution is -0.285. The van der Waals surface area contributed by atoms with Crippen LogP contribution in [0.1, 0.15) is 50.7 Å². The van der Waals surface area contributed by atoms with Crippen LogP contribution in [0.15, 0.2) is 71.8 Å². The fraction of sp³-hybridized carbons (Fsp3) is 0.405. The molecule has 3 aromatic carbocycles. The zero-order valence-electron chi connectivity index (χ0n) is 26.1. The van der Waals surface area contributed by atoms with Gasteiger partial charge >= 0.3 is 6.18 Å². The molecule has 0 bridgehead atoms. The van der Waals surface area contributed by atoms with Gasteiger partial charge in [0.15, 0.2) is 17.1 Å². The van der Waals surface area contributed by atoms with Crippen LogP contribution in [0.3, 0.4) is 0 Å². The van der Waals surface area contributed by atoms with Crippen molar-refractivity contribution < 1.29 is 36.9 Å². The maximum Gasteiger partial charge on any atom is 0.417 e. The van der Waals surface area contributed by atoms with Gasteiger partial charge in [0.05, 0.1) is 7.11 Å². The van der Waals surface area contributed by atoms with E-state index in [-0.39, 0.29) is 30.6 Å². The summed E-state index contributed by atoms with van der Waals surface area (Å²) in [5.74, 6) is -0.173. The molecule has 4 aliphatic rings. The number of aliphatic hydroxyl groups is 1. The summed E-state index contributed by atoms with van der Waals surface area (Å²) in [6, 6.07) is 17.2. The predicted octanol–water partition coefficient (Wildman–Crippen LogP) is 6.15. The van der Waals surface area contributed by atoms with E-state index in [4.69, 9.17) is 14.2 Å². The van der Waals surface area contributed by atoms with Crippen molar-refractivity contribution in [2.45, 2.75) is 69.3 Å². The van der Waals surface area contributed by atoms with Crippen LogP contribution in [0, 0.1) is 11.7 Å². The smallest absolute Gasteiger partial charge is 0.417 e. The van der Waals surface area contributed by atoms with Crippen LogP contribution < -0.4 is 24.6 Å². The molecule has 1 N–H and O–H groups in total. The Morgan fingerprint density at radius 3 is 2.54 bits per heavy atom. The number of methoxy groups -OCH3 is 1. The predicted molar refractivity (Wildman–Crippen MR) is 166 cm³/mol. The molecule has 3 atom stereocenters. The molecule has 3 unspecified atom stereocenters. The third kappa shape index (κ3) is 5.08. The number of hydrogen-bond donors (Lipinski definition) is 1. The fourth-order valence-corrected chi connectivity index (χ4v) is 8.19. The number of fused-ring (bicyclic) bond motifs is 4. The zero-order valence-corrected chi connectivity index (χ0v) is 26.1. The molecule has 3 aromatic rings. The van der Waals surface area contributed by atoms with Gasteiger partial charge in [0, 0.05) is 24.1 Å². The number of rotatable bonds is 7. The summed E-state index contributed by atoms with van der Waals surface area (Å²) >= 11 is 0. The van der Waals surface area contributed by atoms with E-state index in [1.807, 2.05) is 48.5 Å². The average molecular weight is 636 g/mol. The Hall–Kier alpha value is -3.82. The Kier molecular flexibility index (Phi) is 7.48. The molecule has 5 nitrogen and oxygen atoms in total. The number of nitrogens with zero attached hydrogens (tertiary/aromatic N) is 1. The van der Waals surface area contributed by atoms with Crippen molar-refractivity contribution in [3.05, 3.63) is 99.2 Å². The largest absolute Gasteiger partial charge is 0.496 e. The molecule has 7 rings (SSSR count). The van der Waals surface area contributed by atoms with Gasteiger partial charge in [0.25, 0.3) is 0 Å². The summed E-state index contributed by atoms with van der Waals surface area (Å²) in [6.07, 6.45) is -2.17. The van der Waals surface area contributed by atoms with Crippen molar-refractivity contribution in [3.63, 3.8) is 0 Å². The summed E-state index contributed by atoms with van der Waals surface area (Å²) in [5, 5.41) is 14.2. The Morgan fingerprint density at radius 2 is 1.76 bits per heavy atom. The fourth-order valence-electron chi connectivity index (χ4n) is 8.19. The van der Waals surface area contributed by atoms with Crippen molar-refractivity contribution >= 4 is 11.6 Å². The number of likely N-dealkylation sites (tertiary alicyclic amines) is 1. The number of halogens is 4. The average Bonchev–Trinajstić information content (AvgIpc) is 3.64. The second kappa shape index (κ2) is 11.2. The van der Waals surface area contributed by atoms with Crippen LogP contribution in [0.5, 0.6) is 17.2 Å². The maximum atomic E-state index is 15.5. The van der Waals surface area contributed by atoms with Crippen LogP contribution >= 0.6 is 0 Å². The summed E-state index contributed by atoms with van der Waals surface area (Å²) in [4.78, 5) is 2.24. The Bertz CT molecular complexity index is 1850. The van der Waals surface area contributed by atoms with Crippen molar-refractivity contribution in [2.75, 3.05) is 20.4 Å². The molecule has 0 spiro atoms. The van der Waals surface area contributed by atoms with Gasteiger partial charge in [-0.2, -0.15) is 13.2 Å². The normalized spacial score (nSPS) is 22.1. The molecule has 2 aliphatic heterocycles. The van der Waals surface area contributed by atoms with E-state index >= 15 is 13.2 Å². The van der Waals surface area contributed by atoms with E-state index in [1.165, 1.54) is 25.3 Å². The first-order valence-corrected chi connectivity index (χ1v) is 15.7. The monoisotopic (exact) mass is 635 g/mol. The van der Waals surface area contributed by atoms with Gasteiger partial charge in [0.2, 0.25) is 6.79 Å². The SMILES string of the molecule is COc1ccc(F)cc1C(C)(C)CC(O)(C1CCN(Cc2ccc3c(c2)OCO3)C2CCC3=c4ccccc4=CC3=C21)C(F)(F)F. The van der Waals surface area contributed by atoms with E-state index in [0.29, 0.717) is 36.6 Å². The van der Waals surface area contributed by atoms with Gasteiger partial charge in [-0.15, -0.1) is 0 Å². The van der Waals surface area contributed by atoms with Crippen LogP contribution in [-0.2, 0) is 12.0 Å². The summed E-state index contributed by atoms with van der Waals surface area (Å²) in [5.41, 5.74) is -0.648. The highest BCUT2D eigenvalue weighted by Gasteiger charge is 2.63. The van der Waals surface area contributed by atoms with Crippen molar-refractivity contribution in [1.82, 2.24) is 4.90 Å². The lowest BCUT2D eigenvalue weighted by atomic mass is 9.63. The van der Waals surface area contributed by atoms with Crippen LogP contribution in [0.25, 0.3) is 11.6 Å². The van der Waals surface area contributed by atoms with Crippen molar-refractivity contribution in [1.29, 1.82) is 0 Å². The van der Waals surface area contributed by atoms with E-state index < -0.39 is 35.3 Å². The number of alkyl halides is 3. The lowest BCUT2D eigenvalue weighted by Gasteiger charge is -2.51. The third-order valence-electron chi connectivity index (χ3n) is 10.3. The van der Waals surface area contributed by atoms with E-state index in [9.17, 15) is 9.50 Å². The van der Waals surface area contributed by atoms with Crippen LogP contribution in [0.2, 0.25) is 0 Å². The highest BCUT2D eigenvalue weighted by Crippen LogP contribution is 2.54. The van der Waals surface area contributed by atoms with Gasteiger partial charge in [0.1, 0.15) is 11.6 Å². The van der Waals surface area contributed by atoms with Crippen molar-refractivity contribution in [3.8, 4) is 17.2 Å². The highest BCUT2D eigenvalue weighted by molar-refractivity contribution is 5.85. The summed E-state index contributed by atoms with van der Waals surface area (Å²) in [7, 11) is 1.41. The molecule has 0 radical (unpaired) electrons. The quantitative estimate of drug-likeness (QED) is 0.316. The molecule has 1 fully saturated rings. The minimum Gasteiger partial charge on any atom is -0.496 e. The van der Waals surface area contributed by atoms with Crippen LogP contribution in [0.4, 0.5) is 17.6 Å². The molecule has 9 heteroatoms. The maximum absolute atomic E-state index is 15.5. The zero-order chi connectivity index (χ0) is 32.4. The topological polar surface area (TPSA) is 51.2 Å². The van der Waals surface area contributed by atoms with E-state index in [1.54, 1.807) is 13.8 Å². The van der Waals surface area contributed by atoms with Gasteiger partial charge in [-0.05, 0) is 107 Å². The third-order valence-corrected chi connectivity index (χ3v) is 10.3. The molecular weight excluding hydrogens is 598 g/mol. The first-order valence-electron chi connectivity index (χ1n) is 15.7. The minimum atomic E-state index is -4.96. The Balaban J connectivity index is 1.34. The molecule has 1 saturated heterocycles. The Morgan fingerprint density at radius 1 is 0.978 bits per heavy atom. The molecule has 46 heavy (non-hydrogen) atoms. The molecule has 0 aromatic heterocycles. The molecule has 2 heterocycles. The number of allylic oxidation sites excluding steroid dienone is 1. The Labute approximate surface area is 265 Å². The standard InChI is InChI=1S/C37H37F4NO4/c1-35(2,29-18-24(38)9-13-31(29)44-3)20-36(43,37(39,40)41)28-14-15-42(19-22-8-12-32-33(16-22)46-21-45-32)30-11-10-26-25-7-5-4-6-23(25)17-27(26)34(28)30/h4-9,12-13,16-18,28,30,43H,10-11,14-15,19-21H2,1-3H3. The molecule has 2 aliphatic carbocycles. The highest BCUT2D eigenvalue weighted by atomic mass is 19.4. The lowest BCUT2D eigenvalue weighted by Crippen LogP contribution is -2.60. The number of piperidine rings is 1. The molecule has 0 saturated carbocycles. The number of hydrogen-bond acceptors (Lipinski definition) is 5. The second-order valence-electron chi connectivity index (χ2n) is 13.5. The number of ether oxygens (including phenoxy) is 3. The van der Waals surface area contributed by atoms with Crippen LogP contribution in [-0.4, -0.2) is 48.3 Å². The first-order chi connectivity index (χ1) is 21.9. The van der Waals surface area contributed by atoms with Gasteiger partial charge < -0.3 is 19.3 Å². The summed E-state index contributed by atoms with van der Waals surface area (Å²) < 4.78 is 77.4. The van der Waals surface area contributed by atoms with Gasteiger partial charge in [-0.1, -0.05) is 44.2 Å².